The maximum atomic E-state index is 4.47. The summed E-state index contributed by atoms with van der Waals surface area (Å²) in [6, 6.07) is 2.10. The Bertz CT molecular complexity index is 502. The van der Waals surface area contributed by atoms with Crippen LogP contribution in [0.2, 0.25) is 0 Å². The van der Waals surface area contributed by atoms with Crippen LogP contribution in [0.15, 0.2) is 17.0 Å². The maximum Gasteiger partial charge on any atom is 0.176 e. The summed E-state index contributed by atoms with van der Waals surface area (Å²) in [5.74, 6) is 0.613. The third-order valence-corrected chi connectivity index (χ3v) is 3.54. The van der Waals surface area contributed by atoms with Crippen molar-refractivity contribution in [2.75, 3.05) is 13.1 Å². The van der Waals surface area contributed by atoms with Crippen molar-refractivity contribution in [1.82, 2.24) is 20.3 Å². The molecule has 0 unspecified atom stereocenters. The molecule has 5 heteroatoms. The lowest BCUT2D eigenvalue weighted by atomic mass is 9.90. The van der Waals surface area contributed by atoms with Crippen LogP contribution >= 0.6 is 15.9 Å². The number of aromatic amines is 1. The molecule has 16 heavy (non-hydrogen) atoms. The van der Waals surface area contributed by atoms with Crippen LogP contribution in [0.3, 0.4) is 0 Å². The molecule has 1 aliphatic heterocycles. The lowest BCUT2D eigenvalue weighted by molar-refractivity contribution is 0.462. The normalized spacial score (nSPS) is 18.1. The standard InChI is InChI=1S/C11H13BrN4/c12-11-15-9-8(3-6-14-10(9)16-11)7-1-4-13-5-2-7/h3,6-7,13H,1-2,4-5H2,(H,14,15,16). The average Bonchev–Trinajstić information content (AvgIpc) is 2.70. The van der Waals surface area contributed by atoms with Crippen molar-refractivity contribution in [3.8, 4) is 0 Å². The summed E-state index contributed by atoms with van der Waals surface area (Å²) in [6.07, 6.45) is 4.23. The number of piperidine rings is 1. The van der Waals surface area contributed by atoms with E-state index in [0.717, 1.165) is 29.0 Å². The van der Waals surface area contributed by atoms with E-state index >= 15 is 0 Å². The fourth-order valence-electron chi connectivity index (χ4n) is 2.36. The zero-order valence-electron chi connectivity index (χ0n) is 8.83. The number of fused-ring (bicyclic) bond motifs is 1. The largest absolute Gasteiger partial charge is 0.317 e. The van der Waals surface area contributed by atoms with E-state index < -0.39 is 0 Å². The Hall–Kier alpha value is -0.940. The molecular formula is C11H13BrN4. The van der Waals surface area contributed by atoms with E-state index in [1.807, 2.05) is 6.20 Å². The van der Waals surface area contributed by atoms with E-state index in [0.29, 0.717) is 5.92 Å². The van der Waals surface area contributed by atoms with Gasteiger partial charge in [-0.15, -0.1) is 0 Å². The number of nitrogens with one attached hydrogen (secondary N) is 2. The summed E-state index contributed by atoms with van der Waals surface area (Å²) in [7, 11) is 0. The molecule has 4 nitrogen and oxygen atoms in total. The number of rotatable bonds is 1. The van der Waals surface area contributed by atoms with Crippen LogP contribution in [0.4, 0.5) is 0 Å². The first-order valence-corrected chi connectivity index (χ1v) is 6.35. The Morgan fingerprint density at radius 1 is 1.31 bits per heavy atom. The molecule has 1 fully saturated rings. The van der Waals surface area contributed by atoms with Crippen molar-refractivity contribution in [3.05, 3.63) is 22.6 Å². The van der Waals surface area contributed by atoms with E-state index in [-0.39, 0.29) is 0 Å². The van der Waals surface area contributed by atoms with Gasteiger partial charge in [0.05, 0.1) is 0 Å². The number of hydrogen-bond acceptors (Lipinski definition) is 3. The predicted octanol–water partition coefficient (Wildman–Crippen LogP) is 2.19. The topological polar surface area (TPSA) is 53.6 Å². The molecule has 0 saturated carbocycles. The Morgan fingerprint density at radius 3 is 2.94 bits per heavy atom. The molecular weight excluding hydrogens is 268 g/mol. The zero-order chi connectivity index (χ0) is 11.0. The van der Waals surface area contributed by atoms with Crippen molar-refractivity contribution >= 4 is 27.1 Å². The average molecular weight is 281 g/mol. The maximum absolute atomic E-state index is 4.47. The highest BCUT2D eigenvalue weighted by atomic mass is 79.9. The quantitative estimate of drug-likeness (QED) is 0.842. The van der Waals surface area contributed by atoms with Crippen LogP contribution < -0.4 is 5.32 Å². The Labute approximate surface area is 102 Å². The van der Waals surface area contributed by atoms with E-state index in [1.54, 1.807) is 0 Å². The molecule has 0 bridgehead atoms. The zero-order valence-corrected chi connectivity index (χ0v) is 10.4. The summed E-state index contributed by atoms with van der Waals surface area (Å²) in [4.78, 5) is 11.9. The predicted molar refractivity (Wildman–Crippen MR) is 66.4 cm³/mol. The minimum atomic E-state index is 0.613. The number of halogens is 1. The molecule has 0 atom stereocenters. The Balaban J connectivity index is 2.07. The van der Waals surface area contributed by atoms with Crippen LogP contribution in [-0.2, 0) is 0 Å². The molecule has 2 aromatic heterocycles. The van der Waals surface area contributed by atoms with Gasteiger partial charge in [0, 0.05) is 6.20 Å². The molecule has 0 radical (unpaired) electrons. The third-order valence-electron chi connectivity index (χ3n) is 3.17. The second-order valence-electron chi connectivity index (χ2n) is 4.15. The molecule has 0 aromatic carbocycles. The highest BCUT2D eigenvalue weighted by Gasteiger charge is 2.19. The molecule has 0 spiro atoms. The number of aromatic nitrogens is 3. The van der Waals surface area contributed by atoms with Crippen molar-refractivity contribution in [2.24, 2.45) is 0 Å². The van der Waals surface area contributed by atoms with Gasteiger partial charge in [-0.05, 0) is 59.4 Å². The van der Waals surface area contributed by atoms with E-state index in [9.17, 15) is 0 Å². The SMILES string of the molecule is Brc1nc2c(C3CCNCC3)ccnc2[nH]1. The van der Waals surface area contributed by atoms with Gasteiger partial charge < -0.3 is 10.3 Å². The van der Waals surface area contributed by atoms with Crippen LogP contribution in [-0.4, -0.2) is 28.0 Å². The van der Waals surface area contributed by atoms with Crippen molar-refractivity contribution in [2.45, 2.75) is 18.8 Å². The first-order valence-electron chi connectivity index (χ1n) is 5.55. The van der Waals surface area contributed by atoms with E-state index in [2.05, 4.69) is 42.3 Å². The summed E-state index contributed by atoms with van der Waals surface area (Å²) in [6.45, 7) is 2.19. The van der Waals surface area contributed by atoms with Crippen LogP contribution in [0.5, 0.6) is 0 Å². The molecule has 1 saturated heterocycles. The third kappa shape index (κ3) is 1.74. The summed E-state index contributed by atoms with van der Waals surface area (Å²) < 4.78 is 0.761. The minimum Gasteiger partial charge on any atom is -0.317 e. The summed E-state index contributed by atoms with van der Waals surface area (Å²) >= 11 is 3.36. The fourth-order valence-corrected chi connectivity index (χ4v) is 2.73. The van der Waals surface area contributed by atoms with Gasteiger partial charge in [0.15, 0.2) is 10.4 Å². The van der Waals surface area contributed by atoms with E-state index in [1.165, 1.54) is 18.4 Å². The molecule has 2 aromatic rings. The lowest BCUT2D eigenvalue weighted by Gasteiger charge is -2.22. The molecule has 0 aliphatic carbocycles. The first kappa shape index (κ1) is 10.2. The number of H-pyrrole nitrogens is 1. The summed E-state index contributed by atoms with van der Waals surface area (Å²) in [5.41, 5.74) is 3.22. The van der Waals surface area contributed by atoms with Gasteiger partial charge >= 0.3 is 0 Å². The monoisotopic (exact) mass is 280 g/mol. The van der Waals surface area contributed by atoms with Gasteiger partial charge in [-0.3, -0.25) is 0 Å². The highest BCUT2D eigenvalue weighted by molar-refractivity contribution is 9.10. The molecule has 0 amide bonds. The number of imidazole rings is 1. The first-order chi connectivity index (χ1) is 7.84. The molecule has 84 valence electrons. The molecule has 3 heterocycles. The van der Waals surface area contributed by atoms with Gasteiger partial charge in [0.2, 0.25) is 0 Å². The van der Waals surface area contributed by atoms with Gasteiger partial charge in [-0.25, -0.2) is 9.97 Å². The molecule has 1 aliphatic rings. The van der Waals surface area contributed by atoms with Gasteiger partial charge in [-0.2, -0.15) is 0 Å². The van der Waals surface area contributed by atoms with Crippen molar-refractivity contribution in [1.29, 1.82) is 0 Å². The fraction of sp³-hybridized carbons (Fsp3) is 0.455. The number of nitrogens with zero attached hydrogens (tertiary/aromatic N) is 2. The second-order valence-corrected chi connectivity index (χ2v) is 4.90. The van der Waals surface area contributed by atoms with Crippen molar-refractivity contribution in [3.63, 3.8) is 0 Å². The van der Waals surface area contributed by atoms with Crippen molar-refractivity contribution < 1.29 is 0 Å². The van der Waals surface area contributed by atoms with E-state index in [4.69, 9.17) is 0 Å². The summed E-state index contributed by atoms with van der Waals surface area (Å²) in [5, 5.41) is 3.38. The minimum absolute atomic E-state index is 0.613. The smallest absolute Gasteiger partial charge is 0.176 e. The van der Waals surface area contributed by atoms with Gasteiger partial charge in [0.1, 0.15) is 5.52 Å². The lowest BCUT2D eigenvalue weighted by Crippen LogP contribution is -2.26. The number of hydrogen-bond donors (Lipinski definition) is 2. The van der Waals surface area contributed by atoms with Crippen LogP contribution in [0.25, 0.3) is 11.2 Å². The molecule has 2 N–H and O–H groups in total. The highest BCUT2D eigenvalue weighted by Crippen LogP contribution is 2.29. The van der Waals surface area contributed by atoms with Crippen LogP contribution in [0.1, 0.15) is 24.3 Å². The second kappa shape index (κ2) is 4.14. The van der Waals surface area contributed by atoms with Crippen LogP contribution in [0, 0.1) is 0 Å². The Kier molecular flexibility index (Phi) is 2.65. The molecule has 3 rings (SSSR count). The Morgan fingerprint density at radius 2 is 2.12 bits per heavy atom. The van der Waals surface area contributed by atoms with Gasteiger partial charge in [0.25, 0.3) is 0 Å². The van der Waals surface area contributed by atoms with Gasteiger partial charge in [-0.1, -0.05) is 0 Å². The number of pyridine rings is 1.